The standard InChI is InChI=1S/C24H15Cl2NO5S/c1-31-20-12-14(2-11-19(20)32-23(29)15-3-5-16(25)6-4-15)13-21-22(28)27(24(30)33-21)18-9-7-17(26)8-10-18/h2-13H,1H3. The summed E-state index contributed by atoms with van der Waals surface area (Å²) < 4.78 is 10.8. The smallest absolute Gasteiger partial charge is 0.343 e. The van der Waals surface area contributed by atoms with Crippen molar-refractivity contribution in [2.24, 2.45) is 0 Å². The zero-order valence-corrected chi connectivity index (χ0v) is 19.4. The van der Waals surface area contributed by atoms with Crippen molar-refractivity contribution in [3.63, 3.8) is 0 Å². The normalized spacial score (nSPS) is 14.6. The lowest BCUT2D eigenvalue weighted by molar-refractivity contribution is -0.113. The quantitative estimate of drug-likeness (QED) is 0.227. The average molecular weight is 500 g/mol. The van der Waals surface area contributed by atoms with Crippen LogP contribution in [0.1, 0.15) is 15.9 Å². The Bertz CT molecular complexity index is 1270. The summed E-state index contributed by atoms with van der Waals surface area (Å²) in [7, 11) is 1.44. The van der Waals surface area contributed by atoms with Crippen molar-refractivity contribution in [3.05, 3.63) is 92.8 Å². The van der Waals surface area contributed by atoms with E-state index in [1.165, 1.54) is 7.11 Å². The third-order valence-electron chi connectivity index (χ3n) is 4.65. The van der Waals surface area contributed by atoms with Crippen LogP contribution in [-0.4, -0.2) is 24.2 Å². The van der Waals surface area contributed by atoms with Gasteiger partial charge in [-0.15, -0.1) is 0 Å². The van der Waals surface area contributed by atoms with E-state index in [0.29, 0.717) is 32.6 Å². The Morgan fingerprint density at radius 2 is 1.55 bits per heavy atom. The molecule has 4 rings (SSSR count). The molecule has 0 aliphatic carbocycles. The number of rotatable bonds is 5. The van der Waals surface area contributed by atoms with Gasteiger partial charge in [0.05, 0.1) is 23.3 Å². The highest BCUT2D eigenvalue weighted by Crippen LogP contribution is 2.37. The number of ether oxygens (including phenoxy) is 2. The number of carbonyl (C=O) groups excluding carboxylic acids is 3. The van der Waals surface area contributed by atoms with E-state index in [9.17, 15) is 14.4 Å². The van der Waals surface area contributed by atoms with Gasteiger partial charge >= 0.3 is 5.97 Å². The SMILES string of the molecule is COc1cc(C=C2SC(=O)N(c3ccc(Cl)cc3)C2=O)ccc1OC(=O)c1ccc(Cl)cc1. The molecule has 6 nitrogen and oxygen atoms in total. The third-order valence-corrected chi connectivity index (χ3v) is 6.02. The minimum Gasteiger partial charge on any atom is -0.493 e. The molecule has 0 aromatic heterocycles. The Balaban J connectivity index is 1.55. The first kappa shape index (κ1) is 22.9. The van der Waals surface area contributed by atoms with Crippen molar-refractivity contribution in [1.82, 2.24) is 0 Å². The van der Waals surface area contributed by atoms with Gasteiger partial charge in [0.25, 0.3) is 11.1 Å². The van der Waals surface area contributed by atoms with Crippen molar-refractivity contribution >= 4 is 63.8 Å². The van der Waals surface area contributed by atoms with Crippen LogP contribution in [0.2, 0.25) is 10.0 Å². The molecule has 0 N–H and O–H groups in total. The number of anilines is 1. The van der Waals surface area contributed by atoms with Gasteiger partial charge in [-0.2, -0.15) is 0 Å². The Kier molecular flexibility index (Phi) is 6.74. The van der Waals surface area contributed by atoms with Gasteiger partial charge < -0.3 is 9.47 Å². The molecule has 0 unspecified atom stereocenters. The molecule has 0 bridgehead atoms. The van der Waals surface area contributed by atoms with E-state index in [0.717, 1.165) is 16.7 Å². The van der Waals surface area contributed by atoms with Crippen LogP contribution in [0.25, 0.3) is 6.08 Å². The van der Waals surface area contributed by atoms with Gasteiger partial charge in [0.15, 0.2) is 11.5 Å². The maximum Gasteiger partial charge on any atom is 0.343 e. The highest BCUT2D eigenvalue weighted by atomic mass is 35.5. The van der Waals surface area contributed by atoms with Gasteiger partial charge in [-0.25, -0.2) is 9.69 Å². The summed E-state index contributed by atoms with van der Waals surface area (Å²) in [4.78, 5) is 39.0. The van der Waals surface area contributed by atoms with Gasteiger partial charge in [-0.05, 0) is 84.1 Å². The third kappa shape index (κ3) is 5.06. The summed E-state index contributed by atoms with van der Waals surface area (Å²) in [6, 6.07) is 17.6. The maximum atomic E-state index is 12.8. The van der Waals surface area contributed by atoms with Crippen molar-refractivity contribution in [2.75, 3.05) is 12.0 Å². The lowest BCUT2D eigenvalue weighted by atomic mass is 10.1. The number of amides is 2. The average Bonchev–Trinajstić information content (AvgIpc) is 3.08. The Hall–Kier alpha value is -3.26. The first-order valence-electron chi connectivity index (χ1n) is 9.55. The van der Waals surface area contributed by atoms with Crippen LogP contribution in [0.3, 0.4) is 0 Å². The van der Waals surface area contributed by atoms with Gasteiger partial charge in [-0.3, -0.25) is 9.59 Å². The van der Waals surface area contributed by atoms with Crippen LogP contribution in [0, 0.1) is 0 Å². The summed E-state index contributed by atoms with van der Waals surface area (Å²) in [6.45, 7) is 0. The number of thioether (sulfide) groups is 1. The topological polar surface area (TPSA) is 72.9 Å². The number of methoxy groups -OCH3 is 1. The van der Waals surface area contributed by atoms with Crippen molar-refractivity contribution in [3.8, 4) is 11.5 Å². The molecular formula is C24H15Cl2NO5S. The zero-order valence-electron chi connectivity index (χ0n) is 17.1. The number of nitrogens with zero attached hydrogens (tertiary/aromatic N) is 1. The van der Waals surface area contributed by atoms with Crippen molar-refractivity contribution in [2.45, 2.75) is 0 Å². The second-order valence-electron chi connectivity index (χ2n) is 6.80. The fraction of sp³-hybridized carbons (Fsp3) is 0.0417. The summed E-state index contributed by atoms with van der Waals surface area (Å²) in [5, 5.41) is 0.605. The molecule has 9 heteroatoms. The van der Waals surface area contributed by atoms with Crippen molar-refractivity contribution in [1.29, 1.82) is 0 Å². The fourth-order valence-electron chi connectivity index (χ4n) is 3.03. The molecule has 3 aromatic rings. The molecule has 1 aliphatic heterocycles. The number of benzene rings is 3. The second-order valence-corrected chi connectivity index (χ2v) is 8.67. The van der Waals surface area contributed by atoms with E-state index in [1.54, 1.807) is 72.8 Å². The molecule has 33 heavy (non-hydrogen) atoms. The summed E-state index contributed by atoms with van der Waals surface area (Å²) in [5.74, 6) is -0.502. The predicted octanol–water partition coefficient (Wildman–Crippen LogP) is 6.46. The molecule has 3 aromatic carbocycles. The zero-order chi connectivity index (χ0) is 23.5. The van der Waals surface area contributed by atoms with Gasteiger partial charge in [0.2, 0.25) is 0 Å². The summed E-state index contributed by atoms with van der Waals surface area (Å²) in [5.41, 5.74) is 1.37. The molecule has 166 valence electrons. The van der Waals surface area contributed by atoms with E-state index in [-0.39, 0.29) is 10.7 Å². The van der Waals surface area contributed by atoms with Crippen LogP contribution in [0.4, 0.5) is 10.5 Å². The lowest BCUT2D eigenvalue weighted by Crippen LogP contribution is -2.27. The predicted molar refractivity (Wildman–Crippen MR) is 129 cm³/mol. The van der Waals surface area contributed by atoms with Gasteiger partial charge in [0.1, 0.15) is 0 Å². The van der Waals surface area contributed by atoms with E-state index in [1.807, 2.05) is 0 Å². The highest BCUT2D eigenvalue weighted by molar-refractivity contribution is 8.19. The first-order chi connectivity index (χ1) is 15.9. The molecule has 0 radical (unpaired) electrons. The van der Waals surface area contributed by atoms with Crippen LogP contribution in [-0.2, 0) is 4.79 Å². The molecule has 0 saturated carbocycles. The maximum absolute atomic E-state index is 12.8. The summed E-state index contributed by atoms with van der Waals surface area (Å²) in [6.07, 6.45) is 1.58. The largest absolute Gasteiger partial charge is 0.493 e. The van der Waals surface area contributed by atoms with Crippen LogP contribution in [0.5, 0.6) is 11.5 Å². The highest BCUT2D eigenvalue weighted by Gasteiger charge is 2.36. The van der Waals surface area contributed by atoms with E-state index >= 15 is 0 Å². The second kappa shape index (κ2) is 9.70. The van der Waals surface area contributed by atoms with Gasteiger partial charge in [-0.1, -0.05) is 29.3 Å². The van der Waals surface area contributed by atoms with E-state index < -0.39 is 17.1 Å². The Morgan fingerprint density at radius 3 is 2.18 bits per heavy atom. The first-order valence-corrected chi connectivity index (χ1v) is 11.1. The molecule has 2 amide bonds. The van der Waals surface area contributed by atoms with E-state index in [2.05, 4.69) is 0 Å². The monoisotopic (exact) mass is 499 g/mol. The molecule has 1 heterocycles. The number of imide groups is 1. The van der Waals surface area contributed by atoms with Crippen LogP contribution < -0.4 is 14.4 Å². The Morgan fingerprint density at radius 1 is 0.909 bits per heavy atom. The molecule has 1 fully saturated rings. The van der Waals surface area contributed by atoms with Crippen LogP contribution in [0.15, 0.2) is 71.6 Å². The number of halogens is 2. The fourth-order valence-corrected chi connectivity index (χ4v) is 4.13. The van der Waals surface area contributed by atoms with Crippen molar-refractivity contribution < 1.29 is 23.9 Å². The lowest BCUT2D eigenvalue weighted by Gasteiger charge is -2.12. The number of hydrogen-bond donors (Lipinski definition) is 0. The summed E-state index contributed by atoms with van der Waals surface area (Å²) >= 11 is 12.6. The number of esters is 1. The number of hydrogen-bond acceptors (Lipinski definition) is 6. The molecule has 0 atom stereocenters. The molecule has 1 saturated heterocycles. The minimum atomic E-state index is -0.568. The minimum absolute atomic E-state index is 0.212. The number of carbonyl (C=O) groups is 3. The van der Waals surface area contributed by atoms with E-state index in [4.69, 9.17) is 32.7 Å². The Labute approximate surface area is 203 Å². The molecule has 1 aliphatic rings. The van der Waals surface area contributed by atoms with Crippen LogP contribution >= 0.6 is 35.0 Å². The molecule has 0 spiro atoms. The van der Waals surface area contributed by atoms with Gasteiger partial charge in [0, 0.05) is 10.0 Å². The molecular weight excluding hydrogens is 485 g/mol.